The molecule has 3 aliphatic rings. The highest BCUT2D eigenvalue weighted by Gasteiger charge is 2.33. The molecular weight excluding hydrogens is 257 g/mol. The maximum Gasteiger partial charge on any atom is 0.248 e. The Bertz CT molecular complexity index is 512. The van der Waals surface area contributed by atoms with Gasteiger partial charge in [-0.25, -0.2) is 4.39 Å². The molecular formula is C15H20FN3O. The van der Waals surface area contributed by atoms with E-state index < -0.39 is 5.91 Å². The third-order valence-corrected chi connectivity index (χ3v) is 4.55. The zero-order chi connectivity index (χ0) is 14.1. The van der Waals surface area contributed by atoms with Crippen LogP contribution in [-0.4, -0.2) is 36.5 Å². The molecule has 1 unspecified atom stereocenters. The van der Waals surface area contributed by atoms with E-state index in [9.17, 15) is 9.18 Å². The number of amides is 1. The Hall–Kier alpha value is -1.46. The van der Waals surface area contributed by atoms with E-state index in [4.69, 9.17) is 5.73 Å². The Morgan fingerprint density at radius 1 is 1.40 bits per heavy atom. The molecule has 0 spiro atoms. The maximum absolute atomic E-state index is 13.9. The van der Waals surface area contributed by atoms with Crippen LogP contribution in [0.5, 0.6) is 0 Å². The normalized spacial score (nSPS) is 28.6. The number of hydrogen-bond donors (Lipinski definition) is 2. The van der Waals surface area contributed by atoms with Gasteiger partial charge in [-0.1, -0.05) is 6.07 Å². The number of nitrogens with one attached hydrogen (secondary N) is 1. The number of primary amides is 1. The van der Waals surface area contributed by atoms with Crippen molar-refractivity contribution in [3.05, 3.63) is 35.1 Å². The summed E-state index contributed by atoms with van der Waals surface area (Å²) in [5, 5.41) is 3.46. The average molecular weight is 277 g/mol. The molecule has 3 heterocycles. The molecule has 1 aromatic rings. The van der Waals surface area contributed by atoms with Crippen molar-refractivity contribution in [3.8, 4) is 0 Å². The molecule has 3 N–H and O–H groups in total. The summed E-state index contributed by atoms with van der Waals surface area (Å²) >= 11 is 0. The predicted octanol–water partition coefficient (Wildman–Crippen LogP) is 1.11. The van der Waals surface area contributed by atoms with Gasteiger partial charge in [-0.3, -0.25) is 4.79 Å². The maximum atomic E-state index is 13.9. The van der Waals surface area contributed by atoms with Crippen molar-refractivity contribution in [3.63, 3.8) is 0 Å². The monoisotopic (exact) mass is 277 g/mol. The average Bonchev–Trinajstić information content (AvgIpc) is 2.47. The molecule has 108 valence electrons. The lowest BCUT2D eigenvalue weighted by Crippen LogP contribution is -2.55. The summed E-state index contributed by atoms with van der Waals surface area (Å²) in [6.45, 7) is 3.96. The van der Waals surface area contributed by atoms with E-state index in [1.807, 2.05) is 0 Å². The first-order chi connectivity index (χ1) is 9.63. The number of fused-ring (bicyclic) bond motifs is 3. The standard InChI is InChI=1S/C15H20FN3O/c16-13-7-11(15(17)20)1-2-12(13)8-18-14-9-19-5-3-10(14)4-6-19/h1-2,7,10,14,18H,3-6,8-9H2,(H2,17,20). The first-order valence-electron chi connectivity index (χ1n) is 7.17. The van der Waals surface area contributed by atoms with Crippen LogP contribution in [0.25, 0.3) is 0 Å². The van der Waals surface area contributed by atoms with Crippen LogP contribution in [0, 0.1) is 11.7 Å². The van der Waals surface area contributed by atoms with Crippen LogP contribution in [0.1, 0.15) is 28.8 Å². The second-order valence-electron chi connectivity index (χ2n) is 5.80. The van der Waals surface area contributed by atoms with E-state index >= 15 is 0 Å². The summed E-state index contributed by atoms with van der Waals surface area (Å²) < 4.78 is 13.9. The fraction of sp³-hybridized carbons (Fsp3) is 0.533. The van der Waals surface area contributed by atoms with E-state index in [1.165, 1.54) is 32.0 Å². The molecule has 4 rings (SSSR count). The summed E-state index contributed by atoms with van der Waals surface area (Å²) in [6, 6.07) is 4.89. The second kappa shape index (κ2) is 5.50. The molecule has 3 saturated heterocycles. The summed E-state index contributed by atoms with van der Waals surface area (Å²) in [5.74, 6) is -0.246. The van der Waals surface area contributed by atoms with E-state index in [1.54, 1.807) is 12.1 Å². The van der Waals surface area contributed by atoms with Crippen molar-refractivity contribution in [2.75, 3.05) is 19.6 Å². The molecule has 1 atom stereocenters. The Balaban J connectivity index is 1.62. The molecule has 1 amide bonds. The summed E-state index contributed by atoms with van der Waals surface area (Å²) in [5.41, 5.74) is 5.94. The summed E-state index contributed by atoms with van der Waals surface area (Å²) in [6.07, 6.45) is 2.47. The molecule has 0 aliphatic carbocycles. The van der Waals surface area contributed by atoms with Gasteiger partial charge in [0.1, 0.15) is 5.82 Å². The molecule has 5 heteroatoms. The summed E-state index contributed by atoms with van der Waals surface area (Å²) in [4.78, 5) is 13.5. The molecule has 0 saturated carbocycles. The molecule has 3 fully saturated rings. The highest BCUT2D eigenvalue weighted by Crippen LogP contribution is 2.27. The predicted molar refractivity (Wildman–Crippen MR) is 74.7 cm³/mol. The number of rotatable bonds is 4. The van der Waals surface area contributed by atoms with E-state index in [-0.39, 0.29) is 11.4 Å². The van der Waals surface area contributed by atoms with Gasteiger partial charge >= 0.3 is 0 Å². The Morgan fingerprint density at radius 2 is 2.15 bits per heavy atom. The minimum Gasteiger partial charge on any atom is -0.366 e. The Morgan fingerprint density at radius 3 is 2.70 bits per heavy atom. The molecule has 0 radical (unpaired) electrons. The highest BCUT2D eigenvalue weighted by molar-refractivity contribution is 5.92. The van der Waals surface area contributed by atoms with Crippen molar-refractivity contribution in [2.24, 2.45) is 11.7 Å². The van der Waals surface area contributed by atoms with Gasteiger partial charge < -0.3 is 16.0 Å². The number of nitrogens with zero attached hydrogens (tertiary/aromatic N) is 1. The van der Waals surface area contributed by atoms with Crippen LogP contribution in [0.2, 0.25) is 0 Å². The fourth-order valence-electron chi connectivity index (χ4n) is 3.28. The van der Waals surface area contributed by atoms with Gasteiger partial charge in [0.05, 0.1) is 0 Å². The Kier molecular flexibility index (Phi) is 3.72. The van der Waals surface area contributed by atoms with Gasteiger partial charge in [-0.05, 0) is 44.0 Å². The van der Waals surface area contributed by atoms with Crippen LogP contribution in [-0.2, 0) is 6.54 Å². The third-order valence-electron chi connectivity index (χ3n) is 4.55. The second-order valence-corrected chi connectivity index (χ2v) is 5.80. The van der Waals surface area contributed by atoms with Crippen molar-refractivity contribution < 1.29 is 9.18 Å². The molecule has 1 aromatic carbocycles. The largest absolute Gasteiger partial charge is 0.366 e. The lowest BCUT2D eigenvalue weighted by molar-refractivity contribution is 0.0718. The number of nitrogens with two attached hydrogens (primary N) is 1. The SMILES string of the molecule is NC(=O)c1ccc(CNC2CN3CCC2CC3)c(F)c1. The van der Waals surface area contributed by atoms with Crippen LogP contribution < -0.4 is 11.1 Å². The molecule has 3 aliphatic heterocycles. The lowest BCUT2D eigenvalue weighted by Gasteiger charge is -2.45. The first kappa shape index (κ1) is 13.5. The third kappa shape index (κ3) is 2.69. The van der Waals surface area contributed by atoms with Crippen LogP contribution >= 0.6 is 0 Å². The summed E-state index contributed by atoms with van der Waals surface area (Å²) in [7, 11) is 0. The number of hydrogen-bond acceptors (Lipinski definition) is 3. The van der Waals surface area contributed by atoms with Gasteiger partial charge in [-0.2, -0.15) is 0 Å². The number of carbonyl (C=O) groups excluding carboxylic acids is 1. The van der Waals surface area contributed by atoms with Gasteiger partial charge in [0.2, 0.25) is 5.91 Å². The molecule has 20 heavy (non-hydrogen) atoms. The minimum absolute atomic E-state index is 0.217. The molecule has 0 aromatic heterocycles. The van der Waals surface area contributed by atoms with Crippen molar-refractivity contribution in [1.29, 1.82) is 0 Å². The van der Waals surface area contributed by atoms with E-state index in [0.717, 1.165) is 6.54 Å². The van der Waals surface area contributed by atoms with Gasteiger partial charge in [-0.15, -0.1) is 0 Å². The van der Waals surface area contributed by atoms with Gasteiger partial charge in [0, 0.05) is 30.3 Å². The van der Waals surface area contributed by atoms with Crippen LogP contribution in [0.4, 0.5) is 4.39 Å². The zero-order valence-electron chi connectivity index (χ0n) is 11.4. The topological polar surface area (TPSA) is 58.4 Å². The number of carbonyl (C=O) groups is 1. The number of benzene rings is 1. The zero-order valence-corrected chi connectivity index (χ0v) is 11.4. The number of halogens is 1. The van der Waals surface area contributed by atoms with Crippen molar-refractivity contribution in [2.45, 2.75) is 25.4 Å². The van der Waals surface area contributed by atoms with E-state index in [2.05, 4.69) is 10.2 Å². The molecule has 2 bridgehead atoms. The van der Waals surface area contributed by atoms with Gasteiger partial charge in [0.15, 0.2) is 0 Å². The minimum atomic E-state index is -0.596. The Labute approximate surface area is 118 Å². The lowest BCUT2D eigenvalue weighted by atomic mass is 9.84. The quantitative estimate of drug-likeness (QED) is 0.866. The fourth-order valence-corrected chi connectivity index (χ4v) is 3.28. The van der Waals surface area contributed by atoms with Crippen LogP contribution in [0.15, 0.2) is 18.2 Å². The number of piperidine rings is 3. The molecule has 4 nitrogen and oxygen atoms in total. The van der Waals surface area contributed by atoms with Crippen molar-refractivity contribution in [1.82, 2.24) is 10.2 Å². The highest BCUT2D eigenvalue weighted by atomic mass is 19.1. The van der Waals surface area contributed by atoms with Gasteiger partial charge in [0.25, 0.3) is 0 Å². The van der Waals surface area contributed by atoms with E-state index in [0.29, 0.717) is 24.1 Å². The van der Waals surface area contributed by atoms with Crippen molar-refractivity contribution >= 4 is 5.91 Å². The van der Waals surface area contributed by atoms with Crippen LogP contribution in [0.3, 0.4) is 0 Å². The smallest absolute Gasteiger partial charge is 0.248 e. The first-order valence-corrected chi connectivity index (χ1v) is 7.17.